The minimum absolute atomic E-state index is 0.207. The van der Waals surface area contributed by atoms with E-state index >= 15 is 0 Å². The van der Waals surface area contributed by atoms with Crippen molar-refractivity contribution < 1.29 is 4.79 Å². The highest BCUT2D eigenvalue weighted by atomic mass is 32.2. The molecule has 2 nitrogen and oxygen atoms in total. The molecule has 18 heavy (non-hydrogen) atoms. The number of thioether (sulfide) groups is 1. The average molecular weight is 263 g/mol. The predicted octanol–water partition coefficient (Wildman–Crippen LogP) is 3.67. The maximum Gasteiger partial charge on any atom is 0.254 e. The van der Waals surface area contributed by atoms with Gasteiger partial charge in [0.2, 0.25) is 0 Å². The fourth-order valence-corrected chi connectivity index (χ4v) is 3.27. The Morgan fingerprint density at radius 3 is 2.94 bits per heavy atom. The van der Waals surface area contributed by atoms with Crippen LogP contribution in [0.2, 0.25) is 0 Å². The molecule has 98 valence electrons. The molecule has 1 fully saturated rings. The lowest BCUT2D eigenvalue weighted by molar-refractivity contribution is 0.0679. The van der Waals surface area contributed by atoms with Crippen LogP contribution in [0.15, 0.2) is 29.2 Å². The van der Waals surface area contributed by atoms with Crippen molar-refractivity contribution in [2.45, 2.75) is 31.6 Å². The van der Waals surface area contributed by atoms with Crippen LogP contribution in [-0.4, -0.2) is 29.6 Å². The summed E-state index contributed by atoms with van der Waals surface area (Å²) >= 11 is 1.75. The third kappa shape index (κ3) is 3.08. The maximum absolute atomic E-state index is 12.6. The molecule has 1 aromatic rings. The molecule has 0 aromatic heterocycles. The van der Waals surface area contributed by atoms with Crippen LogP contribution < -0.4 is 0 Å². The number of likely N-dealkylation sites (tertiary alicyclic amines) is 1. The van der Waals surface area contributed by atoms with Crippen LogP contribution in [0.5, 0.6) is 0 Å². The van der Waals surface area contributed by atoms with Crippen molar-refractivity contribution in [3.8, 4) is 0 Å². The lowest BCUT2D eigenvalue weighted by atomic mass is 9.99. The molecule has 0 N–H and O–H groups in total. The molecule has 0 bridgehead atoms. The van der Waals surface area contributed by atoms with Crippen molar-refractivity contribution in [1.29, 1.82) is 0 Å². The molecule has 1 aliphatic heterocycles. The SMILES string of the molecule is CCSc1ccccc1C(=O)N1CCC[C@H](C)C1. The van der Waals surface area contributed by atoms with E-state index in [-0.39, 0.29) is 5.91 Å². The van der Waals surface area contributed by atoms with Gasteiger partial charge in [0.05, 0.1) is 5.56 Å². The van der Waals surface area contributed by atoms with Crippen LogP contribution in [0.3, 0.4) is 0 Å². The standard InChI is InChI=1S/C15H21NOS/c1-3-18-14-9-5-4-8-13(14)15(17)16-10-6-7-12(2)11-16/h4-5,8-9,12H,3,6-7,10-11H2,1-2H3/t12-/m0/s1. The number of carbonyl (C=O) groups is 1. The Morgan fingerprint density at radius 1 is 1.44 bits per heavy atom. The number of carbonyl (C=O) groups excluding carboxylic acids is 1. The fraction of sp³-hybridized carbons (Fsp3) is 0.533. The second kappa shape index (κ2) is 6.28. The van der Waals surface area contributed by atoms with Gasteiger partial charge in [-0.05, 0) is 36.6 Å². The quantitative estimate of drug-likeness (QED) is 0.776. The van der Waals surface area contributed by atoms with Crippen molar-refractivity contribution >= 4 is 17.7 Å². The number of nitrogens with zero attached hydrogens (tertiary/aromatic N) is 1. The Morgan fingerprint density at radius 2 is 2.22 bits per heavy atom. The topological polar surface area (TPSA) is 20.3 Å². The van der Waals surface area contributed by atoms with Gasteiger partial charge < -0.3 is 4.90 Å². The minimum atomic E-state index is 0.207. The molecule has 1 heterocycles. The Hall–Kier alpha value is -0.960. The summed E-state index contributed by atoms with van der Waals surface area (Å²) in [5.41, 5.74) is 0.874. The van der Waals surface area contributed by atoms with Gasteiger partial charge >= 0.3 is 0 Å². The molecule has 0 spiro atoms. The fourth-order valence-electron chi connectivity index (χ4n) is 2.47. The van der Waals surface area contributed by atoms with Crippen molar-refractivity contribution in [2.75, 3.05) is 18.8 Å². The smallest absolute Gasteiger partial charge is 0.254 e. The van der Waals surface area contributed by atoms with E-state index in [1.807, 2.05) is 23.1 Å². The van der Waals surface area contributed by atoms with E-state index in [0.717, 1.165) is 35.7 Å². The highest BCUT2D eigenvalue weighted by molar-refractivity contribution is 7.99. The van der Waals surface area contributed by atoms with Gasteiger partial charge in [-0.25, -0.2) is 0 Å². The number of amides is 1. The Balaban J connectivity index is 2.17. The summed E-state index contributed by atoms with van der Waals surface area (Å²) in [7, 11) is 0. The number of rotatable bonds is 3. The van der Waals surface area contributed by atoms with Crippen LogP contribution in [0.25, 0.3) is 0 Å². The summed E-state index contributed by atoms with van der Waals surface area (Å²) < 4.78 is 0. The third-order valence-electron chi connectivity index (χ3n) is 3.36. The number of benzene rings is 1. The van der Waals surface area contributed by atoms with Crippen LogP contribution >= 0.6 is 11.8 Å². The Bertz CT molecular complexity index is 419. The Labute approximate surface area is 114 Å². The van der Waals surface area contributed by atoms with Crippen LogP contribution in [0.4, 0.5) is 0 Å². The van der Waals surface area contributed by atoms with E-state index in [4.69, 9.17) is 0 Å². The summed E-state index contributed by atoms with van der Waals surface area (Å²) in [6, 6.07) is 7.97. The lowest BCUT2D eigenvalue weighted by Gasteiger charge is -2.31. The molecule has 1 saturated heterocycles. The largest absolute Gasteiger partial charge is 0.338 e. The van der Waals surface area contributed by atoms with Crippen LogP contribution in [0.1, 0.15) is 37.0 Å². The van der Waals surface area contributed by atoms with Gasteiger partial charge in [-0.3, -0.25) is 4.79 Å². The van der Waals surface area contributed by atoms with Gasteiger partial charge in [0.25, 0.3) is 5.91 Å². The molecular formula is C15H21NOS. The molecule has 0 aliphatic carbocycles. The molecule has 1 atom stereocenters. The Kier molecular flexibility index (Phi) is 4.70. The van der Waals surface area contributed by atoms with Crippen molar-refractivity contribution in [3.63, 3.8) is 0 Å². The van der Waals surface area contributed by atoms with Crippen molar-refractivity contribution in [1.82, 2.24) is 4.90 Å². The maximum atomic E-state index is 12.6. The molecule has 1 amide bonds. The first-order valence-corrected chi connectivity index (χ1v) is 7.72. The summed E-state index contributed by atoms with van der Waals surface area (Å²) in [6.07, 6.45) is 2.38. The van der Waals surface area contributed by atoms with Crippen LogP contribution in [-0.2, 0) is 0 Å². The summed E-state index contributed by atoms with van der Waals surface area (Å²) in [5.74, 6) is 1.84. The first kappa shape index (κ1) is 13.5. The molecule has 3 heteroatoms. The summed E-state index contributed by atoms with van der Waals surface area (Å²) in [4.78, 5) is 15.7. The van der Waals surface area contributed by atoms with Crippen molar-refractivity contribution in [2.24, 2.45) is 5.92 Å². The molecular weight excluding hydrogens is 242 g/mol. The normalized spacial score (nSPS) is 19.9. The van der Waals surface area contributed by atoms with Gasteiger partial charge in [-0.1, -0.05) is 26.0 Å². The molecule has 1 aromatic carbocycles. The molecule has 1 aliphatic rings. The van der Waals surface area contributed by atoms with E-state index in [1.54, 1.807) is 11.8 Å². The highest BCUT2D eigenvalue weighted by Crippen LogP contribution is 2.25. The van der Waals surface area contributed by atoms with E-state index in [9.17, 15) is 4.79 Å². The first-order chi connectivity index (χ1) is 8.72. The zero-order valence-electron chi connectivity index (χ0n) is 11.2. The van der Waals surface area contributed by atoms with Crippen LogP contribution in [0, 0.1) is 5.92 Å². The van der Waals surface area contributed by atoms with E-state index in [0.29, 0.717) is 5.92 Å². The van der Waals surface area contributed by atoms with Crippen molar-refractivity contribution in [3.05, 3.63) is 29.8 Å². The summed E-state index contributed by atoms with van der Waals surface area (Å²) in [6.45, 7) is 6.17. The van der Waals surface area contributed by atoms with Gasteiger partial charge in [0.1, 0.15) is 0 Å². The molecule has 2 rings (SSSR count). The second-order valence-electron chi connectivity index (χ2n) is 4.93. The monoisotopic (exact) mass is 263 g/mol. The van der Waals surface area contributed by atoms with Gasteiger partial charge in [-0.2, -0.15) is 0 Å². The number of hydrogen-bond acceptors (Lipinski definition) is 2. The predicted molar refractivity (Wildman–Crippen MR) is 77.1 cm³/mol. The number of hydrogen-bond donors (Lipinski definition) is 0. The molecule has 0 saturated carbocycles. The zero-order valence-corrected chi connectivity index (χ0v) is 12.0. The molecule has 0 unspecified atom stereocenters. The highest BCUT2D eigenvalue weighted by Gasteiger charge is 2.23. The lowest BCUT2D eigenvalue weighted by Crippen LogP contribution is -2.39. The average Bonchev–Trinajstić information content (AvgIpc) is 2.39. The zero-order chi connectivity index (χ0) is 13.0. The molecule has 0 radical (unpaired) electrons. The van der Waals surface area contributed by atoms with Gasteiger partial charge in [0.15, 0.2) is 0 Å². The second-order valence-corrected chi connectivity index (χ2v) is 6.23. The number of piperidine rings is 1. The van der Waals surface area contributed by atoms with E-state index < -0.39 is 0 Å². The third-order valence-corrected chi connectivity index (χ3v) is 4.32. The van der Waals surface area contributed by atoms with Gasteiger partial charge in [-0.15, -0.1) is 11.8 Å². The van der Waals surface area contributed by atoms with E-state index in [1.165, 1.54) is 6.42 Å². The van der Waals surface area contributed by atoms with E-state index in [2.05, 4.69) is 19.9 Å². The minimum Gasteiger partial charge on any atom is -0.338 e. The van der Waals surface area contributed by atoms with Gasteiger partial charge in [0, 0.05) is 18.0 Å². The summed E-state index contributed by atoms with van der Waals surface area (Å²) in [5, 5.41) is 0. The first-order valence-electron chi connectivity index (χ1n) is 6.73.